The van der Waals surface area contributed by atoms with Gasteiger partial charge in [0.25, 0.3) is 0 Å². The zero-order chi connectivity index (χ0) is 22.8. The quantitative estimate of drug-likeness (QED) is 0.388. The minimum Gasteiger partial charge on any atom is -0.466 e. The standard InChI is InChI=1S/C25H30N4O3/c1-5-9-17(24(30)32-6-2)22(29-23-20(28-25(29)31)12-8-13-26-23)16(4)18-14-27-19-11-7-10-15(3)21(18)19/h7-8,10-14,16-17,22,27H,5-6,9H2,1-4H3,(H,28,31). The Bertz CT molecular complexity index is 1300. The molecule has 0 amide bonds. The van der Waals surface area contributed by atoms with Crippen molar-refractivity contribution in [3.05, 3.63) is 64.3 Å². The molecule has 0 aliphatic carbocycles. The third kappa shape index (κ3) is 3.72. The average Bonchev–Trinajstić information content (AvgIpc) is 3.35. The normalized spacial score (nSPS) is 14.5. The highest BCUT2D eigenvalue weighted by molar-refractivity contribution is 5.87. The minimum absolute atomic E-state index is 0.149. The lowest BCUT2D eigenvalue weighted by Gasteiger charge is -2.31. The number of aromatic nitrogens is 4. The maximum Gasteiger partial charge on any atom is 0.327 e. The van der Waals surface area contributed by atoms with Crippen LogP contribution in [0.4, 0.5) is 0 Å². The number of aryl methyl sites for hydroxylation is 1. The second kappa shape index (κ2) is 9.02. The number of rotatable bonds is 8. The molecule has 0 spiro atoms. The summed E-state index contributed by atoms with van der Waals surface area (Å²) in [7, 11) is 0. The van der Waals surface area contributed by atoms with Crippen molar-refractivity contribution in [2.24, 2.45) is 5.92 Å². The Morgan fingerprint density at radius 1 is 1.19 bits per heavy atom. The molecule has 0 radical (unpaired) electrons. The Kier molecular flexibility index (Phi) is 6.17. The van der Waals surface area contributed by atoms with Crippen LogP contribution in [-0.2, 0) is 9.53 Å². The van der Waals surface area contributed by atoms with E-state index < -0.39 is 12.0 Å². The number of carbonyl (C=O) groups excluding carboxylic acids is 1. The lowest BCUT2D eigenvalue weighted by Crippen LogP contribution is -2.36. The van der Waals surface area contributed by atoms with Gasteiger partial charge < -0.3 is 14.7 Å². The molecule has 7 nitrogen and oxygen atoms in total. The molecule has 7 heteroatoms. The number of imidazole rings is 1. The Balaban J connectivity index is 1.95. The Morgan fingerprint density at radius 3 is 2.72 bits per heavy atom. The summed E-state index contributed by atoms with van der Waals surface area (Å²) in [5.74, 6) is -0.910. The number of carbonyl (C=O) groups is 1. The van der Waals surface area contributed by atoms with Gasteiger partial charge in [-0.05, 0) is 49.6 Å². The van der Waals surface area contributed by atoms with Crippen molar-refractivity contribution in [1.29, 1.82) is 0 Å². The SMILES string of the molecule is CCCC(C(=O)OCC)C(C(C)c1c[nH]c2cccc(C)c12)n1c(=O)[nH]c2cccnc21. The zero-order valence-corrected chi connectivity index (χ0v) is 19.0. The van der Waals surface area contributed by atoms with Crippen LogP contribution in [0.2, 0.25) is 0 Å². The number of esters is 1. The number of H-pyrrole nitrogens is 2. The van der Waals surface area contributed by atoms with E-state index >= 15 is 0 Å². The van der Waals surface area contributed by atoms with Crippen molar-refractivity contribution in [2.45, 2.75) is 52.5 Å². The molecule has 3 aromatic heterocycles. The Morgan fingerprint density at radius 2 is 1.97 bits per heavy atom. The number of benzene rings is 1. The highest BCUT2D eigenvalue weighted by Crippen LogP contribution is 2.41. The molecule has 0 aliphatic rings. The first-order valence-corrected chi connectivity index (χ1v) is 11.3. The molecule has 168 valence electrons. The molecule has 32 heavy (non-hydrogen) atoms. The first-order valence-electron chi connectivity index (χ1n) is 11.3. The number of fused-ring (bicyclic) bond motifs is 2. The van der Waals surface area contributed by atoms with Gasteiger partial charge in [-0.3, -0.25) is 9.36 Å². The van der Waals surface area contributed by atoms with E-state index in [2.05, 4.69) is 34.9 Å². The number of pyridine rings is 1. The van der Waals surface area contributed by atoms with Crippen molar-refractivity contribution >= 4 is 28.0 Å². The molecule has 1 aromatic carbocycles. The second-order valence-electron chi connectivity index (χ2n) is 8.34. The van der Waals surface area contributed by atoms with Gasteiger partial charge in [0.05, 0.1) is 24.1 Å². The monoisotopic (exact) mass is 434 g/mol. The number of nitrogens with zero attached hydrogens (tertiary/aromatic N) is 2. The summed E-state index contributed by atoms with van der Waals surface area (Å²) in [4.78, 5) is 37.1. The molecule has 4 rings (SSSR count). The molecule has 3 unspecified atom stereocenters. The van der Waals surface area contributed by atoms with E-state index in [1.165, 1.54) is 0 Å². The predicted octanol–water partition coefficient (Wildman–Crippen LogP) is 4.84. The van der Waals surface area contributed by atoms with E-state index in [0.29, 0.717) is 24.2 Å². The van der Waals surface area contributed by atoms with E-state index in [-0.39, 0.29) is 17.6 Å². The molecule has 0 bridgehead atoms. The number of hydrogen-bond acceptors (Lipinski definition) is 4. The van der Waals surface area contributed by atoms with E-state index in [0.717, 1.165) is 28.5 Å². The van der Waals surface area contributed by atoms with Crippen LogP contribution in [0.15, 0.2) is 47.5 Å². The van der Waals surface area contributed by atoms with Gasteiger partial charge in [0.1, 0.15) is 0 Å². The van der Waals surface area contributed by atoms with Crippen molar-refractivity contribution in [3.63, 3.8) is 0 Å². The fourth-order valence-electron chi connectivity index (χ4n) is 4.92. The summed E-state index contributed by atoms with van der Waals surface area (Å²) >= 11 is 0. The van der Waals surface area contributed by atoms with Crippen molar-refractivity contribution in [1.82, 2.24) is 19.5 Å². The van der Waals surface area contributed by atoms with Crippen LogP contribution in [0.5, 0.6) is 0 Å². The Labute approximate surface area is 186 Å². The smallest absolute Gasteiger partial charge is 0.327 e. The van der Waals surface area contributed by atoms with Crippen molar-refractivity contribution < 1.29 is 9.53 Å². The zero-order valence-electron chi connectivity index (χ0n) is 19.0. The van der Waals surface area contributed by atoms with Crippen LogP contribution in [0, 0.1) is 12.8 Å². The third-order valence-corrected chi connectivity index (χ3v) is 6.32. The maximum absolute atomic E-state index is 13.2. The lowest BCUT2D eigenvalue weighted by atomic mass is 9.81. The van der Waals surface area contributed by atoms with Gasteiger partial charge in [0, 0.05) is 29.2 Å². The van der Waals surface area contributed by atoms with E-state index in [9.17, 15) is 9.59 Å². The molecule has 3 atom stereocenters. The van der Waals surface area contributed by atoms with Gasteiger partial charge >= 0.3 is 11.7 Å². The predicted molar refractivity (Wildman–Crippen MR) is 126 cm³/mol. The van der Waals surface area contributed by atoms with E-state index in [1.54, 1.807) is 16.8 Å². The van der Waals surface area contributed by atoms with Crippen LogP contribution in [0.1, 0.15) is 56.7 Å². The average molecular weight is 435 g/mol. The van der Waals surface area contributed by atoms with E-state index in [4.69, 9.17) is 4.74 Å². The molecule has 0 fully saturated rings. The first kappa shape index (κ1) is 21.9. The van der Waals surface area contributed by atoms with Gasteiger partial charge in [-0.25, -0.2) is 9.78 Å². The highest BCUT2D eigenvalue weighted by Gasteiger charge is 2.38. The largest absolute Gasteiger partial charge is 0.466 e. The van der Waals surface area contributed by atoms with Gasteiger partial charge in [-0.15, -0.1) is 0 Å². The van der Waals surface area contributed by atoms with Gasteiger partial charge in [-0.1, -0.05) is 32.4 Å². The van der Waals surface area contributed by atoms with E-state index in [1.807, 2.05) is 38.2 Å². The molecule has 0 saturated carbocycles. The van der Waals surface area contributed by atoms with Crippen LogP contribution >= 0.6 is 0 Å². The fraction of sp³-hybridized carbons (Fsp3) is 0.400. The highest BCUT2D eigenvalue weighted by atomic mass is 16.5. The maximum atomic E-state index is 13.2. The topological polar surface area (TPSA) is 92.8 Å². The molecule has 0 aliphatic heterocycles. The van der Waals surface area contributed by atoms with Crippen LogP contribution in [-0.4, -0.2) is 32.1 Å². The van der Waals surface area contributed by atoms with Crippen molar-refractivity contribution in [2.75, 3.05) is 6.61 Å². The first-order chi connectivity index (χ1) is 15.5. The number of nitrogens with one attached hydrogen (secondary N) is 2. The Hall–Kier alpha value is -3.35. The summed E-state index contributed by atoms with van der Waals surface area (Å²) in [6.45, 7) is 8.31. The van der Waals surface area contributed by atoms with Crippen LogP contribution < -0.4 is 5.69 Å². The minimum atomic E-state index is -0.484. The molecule has 4 aromatic rings. The summed E-state index contributed by atoms with van der Waals surface area (Å²) in [5.41, 5.74) is 4.21. The third-order valence-electron chi connectivity index (χ3n) is 6.32. The van der Waals surface area contributed by atoms with Gasteiger partial charge in [0.2, 0.25) is 0 Å². The summed E-state index contributed by atoms with van der Waals surface area (Å²) < 4.78 is 7.13. The van der Waals surface area contributed by atoms with Gasteiger partial charge in [-0.2, -0.15) is 0 Å². The van der Waals surface area contributed by atoms with Crippen LogP contribution in [0.3, 0.4) is 0 Å². The fourth-order valence-corrected chi connectivity index (χ4v) is 4.92. The number of ether oxygens (including phenoxy) is 1. The van der Waals surface area contributed by atoms with Crippen LogP contribution in [0.25, 0.3) is 22.1 Å². The van der Waals surface area contributed by atoms with Crippen molar-refractivity contribution in [3.8, 4) is 0 Å². The number of hydrogen-bond donors (Lipinski definition) is 2. The molecular formula is C25H30N4O3. The molecule has 0 saturated heterocycles. The number of aromatic amines is 2. The summed E-state index contributed by atoms with van der Waals surface area (Å²) in [6.07, 6.45) is 5.07. The molecule has 2 N–H and O–H groups in total. The summed E-state index contributed by atoms with van der Waals surface area (Å²) in [6, 6.07) is 9.31. The van der Waals surface area contributed by atoms with Gasteiger partial charge in [0.15, 0.2) is 5.65 Å². The molecule has 3 heterocycles. The lowest BCUT2D eigenvalue weighted by molar-refractivity contribution is -0.150. The summed E-state index contributed by atoms with van der Waals surface area (Å²) in [5, 5.41) is 1.13. The molecular weight excluding hydrogens is 404 g/mol. The second-order valence-corrected chi connectivity index (χ2v) is 8.34.